The fourth-order valence-electron chi connectivity index (χ4n) is 2.82. The summed E-state index contributed by atoms with van der Waals surface area (Å²) in [4.78, 5) is 25.9. The first kappa shape index (κ1) is 20.3. The Hall–Kier alpha value is -3.02. The maximum Gasteiger partial charge on any atom is 0.275 e. The minimum atomic E-state index is -0.666. The standard InChI is InChI=1S/C21H27N3O3/c1-13-10-14(2)12-15(11-13)19(25)23-24(21(3,4)5)20(26)16-8-7-9-17(27-6)18(16)22/h7-12H,22H2,1-6H3,(H,23,25). The van der Waals surface area contributed by atoms with Gasteiger partial charge >= 0.3 is 0 Å². The zero-order valence-corrected chi connectivity index (χ0v) is 16.7. The van der Waals surface area contributed by atoms with Crippen molar-refractivity contribution in [1.82, 2.24) is 10.4 Å². The lowest BCUT2D eigenvalue weighted by Gasteiger charge is -2.35. The molecule has 6 heteroatoms. The number of aryl methyl sites for hydroxylation is 2. The Labute approximate surface area is 160 Å². The number of nitrogens with zero attached hydrogens (tertiary/aromatic N) is 1. The average Bonchev–Trinajstić information content (AvgIpc) is 2.57. The van der Waals surface area contributed by atoms with Gasteiger partial charge in [-0.1, -0.05) is 23.3 Å². The number of hydrogen-bond donors (Lipinski definition) is 2. The molecule has 2 aromatic rings. The molecular formula is C21H27N3O3. The molecule has 0 spiro atoms. The number of nitrogens with one attached hydrogen (secondary N) is 1. The minimum Gasteiger partial charge on any atom is -0.495 e. The van der Waals surface area contributed by atoms with Gasteiger partial charge in [-0.25, -0.2) is 5.01 Å². The van der Waals surface area contributed by atoms with Gasteiger partial charge in [-0.05, 0) is 58.9 Å². The maximum absolute atomic E-state index is 13.2. The van der Waals surface area contributed by atoms with E-state index in [1.54, 1.807) is 30.3 Å². The molecule has 0 radical (unpaired) electrons. The third kappa shape index (κ3) is 4.58. The van der Waals surface area contributed by atoms with Crippen LogP contribution >= 0.6 is 0 Å². The summed E-state index contributed by atoms with van der Waals surface area (Å²) < 4.78 is 5.19. The lowest BCUT2D eigenvalue weighted by atomic mass is 10.0. The molecule has 144 valence electrons. The molecule has 0 saturated heterocycles. The molecule has 0 atom stereocenters. The number of rotatable bonds is 3. The van der Waals surface area contributed by atoms with Crippen molar-refractivity contribution in [2.24, 2.45) is 0 Å². The van der Waals surface area contributed by atoms with Crippen molar-refractivity contribution in [3.63, 3.8) is 0 Å². The van der Waals surface area contributed by atoms with Gasteiger partial charge in [0.2, 0.25) is 0 Å². The van der Waals surface area contributed by atoms with Crippen molar-refractivity contribution in [3.8, 4) is 5.75 Å². The molecule has 3 N–H and O–H groups in total. The summed E-state index contributed by atoms with van der Waals surface area (Å²) in [6.45, 7) is 9.36. The van der Waals surface area contributed by atoms with Gasteiger partial charge in [-0.15, -0.1) is 0 Å². The first-order chi connectivity index (χ1) is 12.5. The number of methoxy groups -OCH3 is 1. The van der Waals surface area contributed by atoms with Gasteiger partial charge in [0, 0.05) is 5.56 Å². The van der Waals surface area contributed by atoms with Gasteiger partial charge in [0.15, 0.2) is 0 Å². The molecule has 0 fully saturated rings. The normalized spacial score (nSPS) is 11.0. The molecule has 2 amide bonds. The summed E-state index contributed by atoms with van der Waals surface area (Å²) in [5, 5.41) is 1.30. The van der Waals surface area contributed by atoms with Crippen LogP contribution in [0.1, 0.15) is 52.6 Å². The van der Waals surface area contributed by atoms with E-state index in [2.05, 4.69) is 5.43 Å². The van der Waals surface area contributed by atoms with E-state index in [1.807, 2.05) is 40.7 Å². The lowest BCUT2D eigenvalue weighted by Crippen LogP contribution is -2.56. The van der Waals surface area contributed by atoms with Crippen molar-refractivity contribution in [3.05, 3.63) is 58.7 Å². The van der Waals surface area contributed by atoms with Gasteiger partial charge in [0.25, 0.3) is 11.8 Å². The largest absolute Gasteiger partial charge is 0.495 e. The van der Waals surface area contributed by atoms with Crippen LogP contribution in [0.5, 0.6) is 5.75 Å². The number of para-hydroxylation sites is 1. The molecule has 27 heavy (non-hydrogen) atoms. The van der Waals surface area contributed by atoms with Crippen molar-refractivity contribution in [2.45, 2.75) is 40.2 Å². The quantitative estimate of drug-likeness (QED) is 0.641. The third-order valence-corrected chi connectivity index (χ3v) is 4.09. The van der Waals surface area contributed by atoms with Gasteiger partial charge in [0.05, 0.1) is 23.9 Å². The van der Waals surface area contributed by atoms with Gasteiger partial charge in [0.1, 0.15) is 5.75 Å². The molecule has 6 nitrogen and oxygen atoms in total. The van der Waals surface area contributed by atoms with Crippen LogP contribution in [0.4, 0.5) is 5.69 Å². The van der Waals surface area contributed by atoms with Gasteiger partial charge in [-0.2, -0.15) is 0 Å². The highest BCUT2D eigenvalue weighted by atomic mass is 16.5. The van der Waals surface area contributed by atoms with E-state index < -0.39 is 11.4 Å². The number of amides is 2. The molecule has 2 rings (SSSR count). The number of ether oxygens (including phenoxy) is 1. The van der Waals surface area contributed by atoms with Crippen molar-refractivity contribution < 1.29 is 14.3 Å². The topological polar surface area (TPSA) is 84.7 Å². The van der Waals surface area contributed by atoms with Crippen LogP contribution in [-0.4, -0.2) is 29.5 Å². The molecule has 0 aliphatic rings. The van der Waals surface area contributed by atoms with Crippen molar-refractivity contribution >= 4 is 17.5 Å². The highest BCUT2D eigenvalue weighted by Gasteiger charge is 2.31. The maximum atomic E-state index is 13.2. The fraction of sp³-hybridized carbons (Fsp3) is 0.333. The SMILES string of the molecule is COc1cccc(C(=O)N(NC(=O)c2cc(C)cc(C)c2)C(C)(C)C)c1N. The summed E-state index contributed by atoms with van der Waals surface area (Å²) in [6, 6.07) is 10.5. The molecule has 0 heterocycles. The highest BCUT2D eigenvalue weighted by molar-refractivity contribution is 6.03. The van der Waals surface area contributed by atoms with E-state index in [9.17, 15) is 9.59 Å². The Morgan fingerprint density at radius 3 is 2.19 bits per heavy atom. The summed E-state index contributed by atoms with van der Waals surface area (Å²) in [5.41, 5.74) is 11.1. The Kier molecular flexibility index (Phi) is 5.78. The number of anilines is 1. The third-order valence-electron chi connectivity index (χ3n) is 4.09. The first-order valence-corrected chi connectivity index (χ1v) is 8.71. The van der Waals surface area contributed by atoms with E-state index in [0.717, 1.165) is 11.1 Å². The Balaban J connectivity index is 2.39. The number of carbonyl (C=O) groups is 2. The zero-order chi connectivity index (χ0) is 20.4. The van der Waals surface area contributed by atoms with E-state index in [4.69, 9.17) is 10.5 Å². The van der Waals surface area contributed by atoms with Gasteiger partial charge in [-0.3, -0.25) is 15.0 Å². The Morgan fingerprint density at radius 2 is 1.67 bits per heavy atom. The zero-order valence-electron chi connectivity index (χ0n) is 16.7. The average molecular weight is 369 g/mol. The smallest absolute Gasteiger partial charge is 0.275 e. The molecule has 0 unspecified atom stereocenters. The van der Waals surface area contributed by atoms with Crippen LogP contribution in [0.3, 0.4) is 0 Å². The fourth-order valence-corrected chi connectivity index (χ4v) is 2.82. The molecule has 0 bridgehead atoms. The molecule has 0 saturated carbocycles. The predicted octanol–water partition coefficient (Wildman–Crippen LogP) is 3.48. The molecule has 0 aromatic heterocycles. The number of benzene rings is 2. The number of nitrogens with two attached hydrogens (primary N) is 1. The summed E-state index contributed by atoms with van der Waals surface area (Å²) in [7, 11) is 1.49. The number of hydrogen-bond acceptors (Lipinski definition) is 4. The second kappa shape index (κ2) is 7.70. The van der Waals surface area contributed by atoms with Crippen LogP contribution in [0.2, 0.25) is 0 Å². The first-order valence-electron chi connectivity index (χ1n) is 8.71. The van der Waals surface area contributed by atoms with Crippen LogP contribution in [0, 0.1) is 13.8 Å². The number of hydrazine groups is 1. The molecule has 0 aliphatic carbocycles. The van der Waals surface area contributed by atoms with E-state index in [-0.39, 0.29) is 17.2 Å². The number of nitrogen functional groups attached to an aromatic ring is 1. The van der Waals surface area contributed by atoms with Crippen molar-refractivity contribution in [1.29, 1.82) is 0 Å². The van der Waals surface area contributed by atoms with Crippen molar-refractivity contribution in [2.75, 3.05) is 12.8 Å². The van der Waals surface area contributed by atoms with E-state index in [0.29, 0.717) is 11.3 Å². The molecule has 2 aromatic carbocycles. The second-order valence-corrected chi connectivity index (χ2v) is 7.55. The summed E-state index contributed by atoms with van der Waals surface area (Å²) in [5.74, 6) is -0.349. The van der Waals surface area contributed by atoms with Crippen LogP contribution < -0.4 is 15.9 Å². The second-order valence-electron chi connectivity index (χ2n) is 7.55. The van der Waals surface area contributed by atoms with Gasteiger partial charge < -0.3 is 10.5 Å². The Bertz CT molecular complexity index is 849. The van der Waals surface area contributed by atoms with E-state index >= 15 is 0 Å². The summed E-state index contributed by atoms with van der Waals surface area (Å²) in [6.07, 6.45) is 0. The molecule has 0 aliphatic heterocycles. The van der Waals surface area contributed by atoms with Crippen LogP contribution in [0.15, 0.2) is 36.4 Å². The predicted molar refractivity (Wildman–Crippen MR) is 107 cm³/mol. The van der Waals surface area contributed by atoms with E-state index in [1.165, 1.54) is 12.1 Å². The summed E-state index contributed by atoms with van der Waals surface area (Å²) >= 11 is 0. The minimum absolute atomic E-state index is 0.236. The Morgan fingerprint density at radius 1 is 1.07 bits per heavy atom. The van der Waals surface area contributed by atoms with Crippen LogP contribution in [-0.2, 0) is 0 Å². The van der Waals surface area contributed by atoms with Crippen LogP contribution in [0.25, 0.3) is 0 Å². The number of carbonyl (C=O) groups excluding carboxylic acids is 2. The highest BCUT2D eigenvalue weighted by Crippen LogP contribution is 2.27. The monoisotopic (exact) mass is 369 g/mol. The molecular weight excluding hydrogens is 342 g/mol. The lowest BCUT2D eigenvalue weighted by molar-refractivity contribution is 0.0359.